The molecule has 0 saturated carbocycles. The SMILES string of the molecule is CCc1nsc(SCc2ccc(C(N)=O)cc2)n1. The van der Waals surface area contributed by atoms with Gasteiger partial charge in [0.15, 0.2) is 4.34 Å². The fourth-order valence-corrected chi connectivity index (χ4v) is 3.00. The molecule has 1 aromatic heterocycles. The zero-order valence-corrected chi connectivity index (χ0v) is 11.6. The van der Waals surface area contributed by atoms with E-state index < -0.39 is 5.91 Å². The van der Waals surface area contributed by atoms with E-state index in [0.29, 0.717) is 5.56 Å². The number of aryl methyl sites for hydroxylation is 1. The Bertz CT molecular complexity index is 537. The van der Waals surface area contributed by atoms with Crippen molar-refractivity contribution in [1.29, 1.82) is 0 Å². The van der Waals surface area contributed by atoms with Crippen molar-refractivity contribution in [2.45, 2.75) is 23.4 Å². The van der Waals surface area contributed by atoms with E-state index in [-0.39, 0.29) is 0 Å². The summed E-state index contributed by atoms with van der Waals surface area (Å²) in [6.45, 7) is 2.04. The number of benzene rings is 1. The number of rotatable bonds is 5. The number of aromatic nitrogens is 2. The largest absolute Gasteiger partial charge is 0.366 e. The number of thioether (sulfide) groups is 1. The van der Waals surface area contributed by atoms with Gasteiger partial charge in [-0.05, 0) is 29.2 Å². The van der Waals surface area contributed by atoms with Gasteiger partial charge in [0.25, 0.3) is 0 Å². The second-order valence-corrected chi connectivity index (χ2v) is 5.65. The molecule has 1 heterocycles. The van der Waals surface area contributed by atoms with Crippen LogP contribution < -0.4 is 5.73 Å². The molecule has 0 bridgehead atoms. The molecule has 0 radical (unpaired) electrons. The van der Waals surface area contributed by atoms with Gasteiger partial charge < -0.3 is 5.73 Å². The van der Waals surface area contributed by atoms with Crippen LogP contribution in [0.5, 0.6) is 0 Å². The Labute approximate surface area is 114 Å². The molecule has 1 aromatic carbocycles. The molecule has 0 aliphatic heterocycles. The van der Waals surface area contributed by atoms with Crippen molar-refractivity contribution in [3.8, 4) is 0 Å². The minimum absolute atomic E-state index is 0.397. The average molecular weight is 279 g/mol. The third kappa shape index (κ3) is 3.30. The lowest BCUT2D eigenvalue weighted by molar-refractivity contribution is 0.100. The number of hydrogen-bond acceptors (Lipinski definition) is 5. The van der Waals surface area contributed by atoms with E-state index in [9.17, 15) is 4.79 Å². The molecule has 1 amide bonds. The van der Waals surface area contributed by atoms with Crippen molar-refractivity contribution in [2.75, 3.05) is 0 Å². The minimum atomic E-state index is -0.397. The molecule has 2 rings (SSSR count). The second kappa shape index (κ2) is 5.97. The van der Waals surface area contributed by atoms with E-state index in [1.54, 1.807) is 23.9 Å². The van der Waals surface area contributed by atoms with Crippen molar-refractivity contribution in [1.82, 2.24) is 9.36 Å². The summed E-state index contributed by atoms with van der Waals surface area (Å²) in [7, 11) is 0. The molecule has 0 unspecified atom stereocenters. The maximum absolute atomic E-state index is 10.9. The molecular weight excluding hydrogens is 266 g/mol. The summed E-state index contributed by atoms with van der Waals surface area (Å²) in [5.74, 6) is 1.31. The first-order valence-corrected chi connectivity index (χ1v) is 7.29. The maximum atomic E-state index is 10.9. The number of primary amides is 1. The van der Waals surface area contributed by atoms with E-state index in [2.05, 4.69) is 9.36 Å². The number of nitrogens with zero attached hydrogens (tertiary/aromatic N) is 2. The summed E-state index contributed by atoms with van der Waals surface area (Å²) in [5, 5.41) is 0. The summed E-state index contributed by atoms with van der Waals surface area (Å²) in [4.78, 5) is 15.3. The van der Waals surface area contributed by atoms with E-state index >= 15 is 0 Å². The van der Waals surface area contributed by atoms with Gasteiger partial charge in [0.05, 0.1) is 0 Å². The fourth-order valence-electron chi connectivity index (χ4n) is 1.35. The smallest absolute Gasteiger partial charge is 0.248 e. The van der Waals surface area contributed by atoms with Crippen LogP contribution in [0.3, 0.4) is 0 Å². The van der Waals surface area contributed by atoms with Crippen LogP contribution in [0.25, 0.3) is 0 Å². The molecule has 0 fully saturated rings. The minimum Gasteiger partial charge on any atom is -0.366 e. The molecule has 0 atom stereocenters. The van der Waals surface area contributed by atoms with Crippen LogP contribution in [0.4, 0.5) is 0 Å². The third-order valence-electron chi connectivity index (χ3n) is 2.37. The summed E-state index contributed by atoms with van der Waals surface area (Å²) < 4.78 is 5.21. The van der Waals surface area contributed by atoms with Crippen LogP contribution >= 0.6 is 23.3 Å². The lowest BCUT2D eigenvalue weighted by Crippen LogP contribution is -2.10. The summed E-state index contributed by atoms with van der Waals surface area (Å²) in [6.07, 6.45) is 0.865. The molecule has 18 heavy (non-hydrogen) atoms. The van der Waals surface area contributed by atoms with Gasteiger partial charge in [0.1, 0.15) is 5.82 Å². The number of hydrogen-bond donors (Lipinski definition) is 1. The molecule has 6 heteroatoms. The monoisotopic (exact) mass is 279 g/mol. The number of carbonyl (C=O) groups excluding carboxylic acids is 1. The van der Waals surface area contributed by atoms with Crippen LogP contribution in [-0.2, 0) is 12.2 Å². The van der Waals surface area contributed by atoms with E-state index in [1.807, 2.05) is 19.1 Å². The first-order valence-electron chi connectivity index (χ1n) is 5.53. The Balaban J connectivity index is 1.95. The molecular formula is C12H13N3OS2. The van der Waals surface area contributed by atoms with Gasteiger partial charge in [0, 0.05) is 17.7 Å². The second-order valence-electron chi connectivity index (χ2n) is 3.68. The summed E-state index contributed by atoms with van der Waals surface area (Å²) in [5.41, 5.74) is 6.86. The Kier molecular flexibility index (Phi) is 4.33. The average Bonchev–Trinajstić information content (AvgIpc) is 2.85. The molecule has 0 saturated heterocycles. The highest BCUT2D eigenvalue weighted by molar-refractivity contribution is 8.00. The predicted octanol–water partition coefficient (Wildman–Crippen LogP) is 2.49. The van der Waals surface area contributed by atoms with Gasteiger partial charge in [0.2, 0.25) is 5.91 Å². The first-order chi connectivity index (χ1) is 8.69. The molecule has 2 N–H and O–H groups in total. The first kappa shape index (κ1) is 13.0. The van der Waals surface area contributed by atoms with Gasteiger partial charge >= 0.3 is 0 Å². The van der Waals surface area contributed by atoms with Crippen molar-refractivity contribution >= 4 is 29.2 Å². The molecule has 4 nitrogen and oxygen atoms in total. The van der Waals surface area contributed by atoms with Crippen LogP contribution in [0.1, 0.15) is 28.7 Å². The molecule has 94 valence electrons. The Morgan fingerprint density at radius 2 is 2.11 bits per heavy atom. The van der Waals surface area contributed by atoms with Crippen molar-refractivity contribution < 1.29 is 4.79 Å². The topological polar surface area (TPSA) is 68.9 Å². The van der Waals surface area contributed by atoms with Crippen molar-refractivity contribution in [3.63, 3.8) is 0 Å². The molecule has 2 aromatic rings. The highest BCUT2D eigenvalue weighted by Crippen LogP contribution is 2.24. The lowest BCUT2D eigenvalue weighted by Gasteiger charge is -2.00. The molecule has 0 spiro atoms. The van der Waals surface area contributed by atoms with Gasteiger partial charge in [-0.1, -0.05) is 30.8 Å². The third-order valence-corrected chi connectivity index (χ3v) is 4.31. The van der Waals surface area contributed by atoms with E-state index in [0.717, 1.165) is 27.9 Å². The van der Waals surface area contributed by atoms with Crippen molar-refractivity contribution in [2.24, 2.45) is 5.73 Å². The Morgan fingerprint density at radius 3 is 2.67 bits per heavy atom. The molecule has 0 aliphatic rings. The highest BCUT2D eigenvalue weighted by atomic mass is 32.2. The van der Waals surface area contributed by atoms with Gasteiger partial charge in [-0.25, -0.2) is 4.98 Å². The van der Waals surface area contributed by atoms with Crippen LogP contribution in [-0.4, -0.2) is 15.3 Å². The maximum Gasteiger partial charge on any atom is 0.248 e. The van der Waals surface area contributed by atoms with Crippen LogP contribution in [0.2, 0.25) is 0 Å². The van der Waals surface area contributed by atoms with Crippen molar-refractivity contribution in [3.05, 3.63) is 41.2 Å². The highest BCUT2D eigenvalue weighted by Gasteiger charge is 2.04. The number of nitrogens with two attached hydrogens (primary N) is 1. The standard InChI is InChI=1S/C12H13N3OS2/c1-2-10-14-12(18-15-10)17-7-8-3-5-9(6-4-8)11(13)16/h3-6H,2,7H2,1H3,(H2,13,16). The van der Waals surface area contributed by atoms with Gasteiger partial charge in [-0.3, -0.25) is 4.79 Å². The Hall–Kier alpha value is -1.40. The van der Waals surface area contributed by atoms with E-state index in [4.69, 9.17) is 5.73 Å². The fraction of sp³-hybridized carbons (Fsp3) is 0.250. The number of carbonyl (C=O) groups is 1. The van der Waals surface area contributed by atoms with Crippen LogP contribution in [0, 0.1) is 0 Å². The summed E-state index contributed by atoms with van der Waals surface area (Å²) in [6, 6.07) is 7.31. The zero-order chi connectivity index (χ0) is 13.0. The number of amides is 1. The quantitative estimate of drug-likeness (QED) is 0.854. The van der Waals surface area contributed by atoms with Gasteiger partial charge in [-0.2, -0.15) is 4.37 Å². The van der Waals surface area contributed by atoms with Gasteiger partial charge in [-0.15, -0.1) is 0 Å². The summed E-state index contributed by atoms with van der Waals surface area (Å²) >= 11 is 3.08. The molecule has 0 aliphatic carbocycles. The zero-order valence-electron chi connectivity index (χ0n) is 9.92. The predicted molar refractivity (Wildman–Crippen MR) is 73.8 cm³/mol. The Morgan fingerprint density at radius 1 is 1.39 bits per heavy atom. The van der Waals surface area contributed by atoms with E-state index in [1.165, 1.54) is 11.5 Å². The van der Waals surface area contributed by atoms with Crippen LogP contribution in [0.15, 0.2) is 28.6 Å². The lowest BCUT2D eigenvalue weighted by atomic mass is 10.1. The normalized spacial score (nSPS) is 10.5.